The summed E-state index contributed by atoms with van der Waals surface area (Å²) in [5, 5.41) is 8.37. The van der Waals surface area contributed by atoms with Crippen LogP contribution in [0.3, 0.4) is 0 Å². The van der Waals surface area contributed by atoms with Gasteiger partial charge in [-0.15, -0.1) is 0 Å². The second-order valence-corrected chi connectivity index (χ2v) is 3.20. The Morgan fingerprint density at radius 3 is 2.86 bits per heavy atom. The number of rotatable bonds is 1. The maximum atomic E-state index is 11.2. The minimum atomic E-state index is -0.138. The minimum Gasteiger partial charge on any atom is -0.384 e. The van der Waals surface area contributed by atoms with Crippen molar-refractivity contribution in [2.24, 2.45) is 11.6 Å². The molecular formula is C9H10N4O. The summed E-state index contributed by atoms with van der Waals surface area (Å²) in [4.78, 5) is 11.2. The Morgan fingerprint density at radius 2 is 2.21 bits per heavy atom. The Hall–Kier alpha value is -1.88. The van der Waals surface area contributed by atoms with Crippen LogP contribution in [0.25, 0.3) is 0 Å². The van der Waals surface area contributed by atoms with E-state index in [9.17, 15) is 4.79 Å². The van der Waals surface area contributed by atoms with Crippen molar-refractivity contribution >= 4 is 17.4 Å². The minimum absolute atomic E-state index is 0.00396. The Labute approximate surface area is 80.8 Å². The topological polar surface area (TPSA) is 96.2 Å². The van der Waals surface area contributed by atoms with Crippen LogP contribution in [0.2, 0.25) is 0 Å². The van der Waals surface area contributed by atoms with Crippen molar-refractivity contribution in [2.45, 2.75) is 6.42 Å². The standard InChI is InChI=1S/C9H10N4O/c10-9(11)5-1-2-7-6(3-5)4-8(14)13(7)12/h1-3H,4,12H2,(H3,10,11). The van der Waals surface area contributed by atoms with Gasteiger partial charge in [0.2, 0.25) is 5.91 Å². The van der Waals surface area contributed by atoms with Crippen molar-refractivity contribution in [1.29, 1.82) is 5.41 Å². The second kappa shape index (κ2) is 2.81. The van der Waals surface area contributed by atoms with Gasteiger partial charge in [0.1, 0.15) is 5.84 Å². The van der Waals surface area contributed by atoms with E-state index in [1.807, 2.05) is 0 Å². The Kier molecular flexibility index (Phi) is 1.75. The van der Waals surface area contributed by atoms with Gasteiger partial charge in [0, 0.05) is 5.56 Å². The average molecular weight is 190 g/mol. The molecule has 0 atom stereocenters. The summed E-state index contributed by atoms with van der Waals surface area (Å²) in [7, 11) is 0. The highest BCUT2D eigenvalue weighted by Gasteiger charge is 2.24. The first kappa shape index (κ1) is 8.71. The highest BCUT2D eigenvalue weighted by Crippen LogP contribution is 2.26. The molecule has 0 unspecified atom stereocenters. The van der Waals surface area contributed by atoms with E-state index >= 15 is 0 Å². The smallest absolute Gasteiger partial charge is 0.245 e. The Morgan fingerprint density at radius 1 is 1.50 bits per heavy atom. The highest BCUT2D eigenvalue weighted by atomic mass is 16.2. The molecule has 2 rings (SSSR count). The number of nitrogens with one attached hydrogen (secondary N) is 1. The molecule has 72 valence electrons. The molecular weight excluding hydrogens is 180 g/mol. The summed E-state index contributed by atoms with van der Waals surface area (Å²) >= 11 is 0. The van der Waals surface area contributed by atoms with E-state index in [0.29, 0.717) is 11.3 Å². The molecule has 1 aliphatic rings. The molecule has 0 radical (unpaired) electrons. The fourth-order valence-electron chi connectivity index (χ4n) is 1.51. The molecule has 0 aliphatic carbocycles. The van der Waals surface area contributed by atoms with Crippen LogP contribution in [0.1, 0.15) is 11.1 Å². The molecule has 5 heteroatoms. The predicted octanol–water partition coefficient (Wildman–Crippen LogP) is -0.267. The molecule has 1 amide bonds. The summed E-state index contributed by atoms with van der Waals surface area (Å²) in [6.45, 7) is 0. The van der Waals surface area contributed by atoms with E-state index in [0.717, 1.165) is 10.6 Å². The first-order chi connectivity index (χ1) is 6.59. The maximum Gasteiger partial charge on any atom is 0.245 e. The summed E-state index contributed by atoms with van der Waals surface area (Å²) in [6, 6.07) is 5.11. The predicted molar refractivity (Wildman–Crippen MR) is 52.8 cm³/mol. The van der Waals surface area contributed by atoms with Crippen LogP contribution in [-0.4, -0.2) is 11.7 Å². The van der Waals surface area contributed by atoms with E-state index in [-0.39, 0.29) is 18.2 Å². The number of carbonyl (C=O) groups is 1. The van der Waals surface area contributed by atoms with Gasteiger partial charge in [0.05, 0.1) is 12.1 Å². The molecule has 0 fully saturated rings. The van der Waals surface area contributed by atoms with Crippen LogP contribution in [0, 0.1) is 5.41 Å². The average Bonchev–Trinajstić information content (AvgIpc) is 2.42. The van der Waals surface area contributed by atoms with Gasteiger partial charge in [0.15, 0.2) is 0 Å². The molecule has 0 saturated carbocycles. The molecule has 1 aromatic rings. The maximum absolute atomic E-state index is 11.2. The van der Waals surface area contributed by atoms with Crippen molar-refractivity contribution in [3.63, 3.8) is 0 Å². The number of nitrogen functional groups attached to an aromatic ring is 1. The van der Waals surface area contributed by atoms with Crippen molar-refractivity contribution in [3.8, 4) is 0 Å². The number of anilines is 1. The number of amidine groups is 1. The van der Waals surface area contributed by atoms with Crippen LogP contribution in [0.4, 0.5) is 5.69 Å². The van der Waals surface area contributed by atoms with Gasteiger partial charge in [-0.2, -0.15) is 0 Å². The highest BCUT2D eigenvalue weighted by molar-refractivity contribution is 6.02. The quantitative estimate of drug-likeness (QED) is 0.246. The molecule has 0 saturated heterocycles. The third kappa shape index (κ3) is 1.14. The second-order valence-electron chi connectivity index (χ2n) is 3.20. The Balaban J connectivity index is 2.49. The van der Waals surface area contributed by atoms with Crippen molar-refractivity contribution < 1.29 is 4.79 Å². The zero-order valence-electron chi connectivity index (χ0n) is 7.45. The van der Waals surface area contributed by atoms with Gasteiger partial charge in [-0.05, 0) is 23.8 Å². The van der Waals surface area contributed by atoms with Crippen molar-refractivity contribution in [2.75, 3.05) is 5.01 Å². The van der Waals surface area contributed by atoms with Crippen LogP contribution < -0.4 is 16.6 Å². The van der Waals surface area contributed by atoms with Gasteiger partial charge in [-0.3, -0.25) is 10.2 Å². The monoisotopic (exact) mass is 190 g/mol. The van der Waals surface area contributed by atoms with Gasteiger partial charge < -0.3 is 5.73 Å². The summed E-state index contributed by atoms with van der Waals surface area (Å²) in [5.74, 6) is 5.37. The number of carbonyl (C=O) groups excluding carboxylic acids is 1. The lowest BCUT2D eigenvalue weighted by atomic mass is 10.1. The SMILES string of the molecule is N=C(N)c1ccc2c(c1)CC(=O)N2N. The third-order valence-electron chi connectivity index (χ3n) is 2.26. The zero-order chi connectivity index (χ0) is 10.3. The number of nitrogens with two attached hydrogens (primary N) is 2. The number of hydrogen-bond donors (Lipinski definition) is 3. The number of amides is 1. The lowest BCUT2D eigenvalue weighted by molar-refractivity contribution is -0.117. The van der Waals surface area contributed by atoms with Crippen LogP contribution in [0.5, 0.6) is 0 Å². The molecule has 5 N–H and O–H groups in total. The fraction of sp³-hybridized carbons (Fsp3) is 0.111. The van der Waals surface area contributed by atoms with E-state index in [1.165, 1.54) is 0 Å². The first-order valence-electron chi connectivity index (χ1n) is 4.14. The molecule has 1 aromatic carbocycles. The molecule has 1 aliphatic heterocycles. The lowest BCUT2D eigenvalue weighted by Crippen LogP contribution is -2.33. The van der Waals surface area contributed by atoms with E-state index in [2.05, 4.69) is 0 Å². The Bertz CT molecular complexity index is 427. The summed E-state index contributed by atoms with van der Waals surface area (Å²) in [5.41, 5.74) is 7.47. The molecule has 14 heavy (non-hydrogen) atoms. The zero-order valence-corrected chi connectivity index (χ0v) is 7.45. The largest absolute Gasteiger partial charge is 0.384 e. The summed E-state index contributed by atoms with van der Waals surface area (Å²) < 4.78 is 0. The fourth-order valence-corrected chi connectivity index (χ4v) is 1.51. The lowest BCUT2D eigenvalue weighted by Gasteiger charge is -2.09. The van der Waals surface area contributed by atoms with E-state index < -0.39 is 0 Å². The molecule has 0 aromatic heterocycles. The first-order valence-corrected chi connectivity index (χ1v) is 4.14. The van der Waals surface area contributed by atoms with Gasteiger partial charge in [0.25, 0.3) is 0 Å². The number of nitrogens with zero attached hydrogens (tertiary/aromatic N) is 1. The van der Waals surface area contributed by atoms with Crippen LogP contribution in [0.15, 0.2) is 18.2 Å². The van der Waals surface area contributed by atoms with Gasteiger partial charge >= 0.3 is 0 Å². The molecule has 0 spiro atoms. The summed E-state index contributed by atoms with van der Waals surface area (Å²) in [6.07, 6.45) is 0.285. The number of benzene rings is 1. The van der Waals surface area contributed by atoms with E-state index in [4.69, 9.17) is 17.0 Å². The van der Waals surface area contributed by atoms with Gasteiger partial charge in [-0.25, -0.2) is 10.9 Å². The third-order valence-corrected chi connectivity index (χ3v) is 2.26. The number of hydrogen-bond acceptors (Lipinski definition) is 3. The van der Waals surface area contributed by atoms with Crippen LogP contribution >= 0.6 is 0 Å². The molecule has 1 heterocycles. The normalized spacial score (nSPS) is 14.4. The van der Waals surface area contributed by atoms with Crippen molar-refractivity contribution in [1.82, 2.24) is 0 Å². The molecule has 5 nitrogen and oxygen atoms in total. The van der Waals surface area contributed by atoms with Crippen LogP contribution in [-0.2, 0) is 11.2 Å². The molecule has 0 bridgehead atoms. The van der Waals surface area contributed by atoms with Crippen molar-refractivity contribution in [3.05, 3.63) is 29.3 Å². The number of hydrazine groups is 1. The van der Waals surface area contributed by atoms with Gasteiger partial charge in [-0.1, -0.05) is 0 Å². The number of fused-ring (bicyclic) bond motifs is 1. The van der Waals surface area contributed by atoms with E-state index in [1.54, 1.807) is 18.2 Å².